The maximum atomic E-state index is 12.0. The number of halogens is 1. The van der Waals surface area contributed by atoms with Crippen molar-refractivity contribution in [3.05, 3.63) is 59.7 Å². The molecule has 2 N–H and O–H groups in total. The number of nitrogen functional groups attached to an aromatic ring is 1. The van der Waals surface area contributed by atoms with E-state index in [9.17, 15) is 4.79 Å². The fourth-order valence-corrected chi connectivity index (χ4v) is 3.27. The molecule has 2 aromatic carbocycles. The molecule has 0 aliphatic rings. The monoisotopic (exact) mass is 401 g/mol. The normalized spacial score (nSPS) is 11.3. The fourth-order valence-electron chi connectivity index (χ4n) is 3.27. The van der Waals surface area contributed by atoms with Gasteiger partial charge < -0.3 is 17.1 Å². The van der Waals surface area contributed by atoms with Crippen molar-refractivity contribution in [1.29, 1.82) is 0 Å². The number of rotatable bonds is 5. The molecule has 150 valence electrons. The molecule has 1 heterocycles. The second-order valence-electron chi connectivity index (χ2n) is 7.77. The number of nitrogens with two attached hydrogens (primary N) is 1. The molecular weight excluding hydrogens is 374 g/mol. The standard InChI is InChI=1S/C22H27N3O2.ClH/c1-5-27-20(26)15-25-19-9-7-6-8-18(19)24(21(25)23)14-16-10-12-17(13-11-16)22(2,3)4;/h6-13,23H,5,14-15H2,1-4H3;1H. The zero-order valence-corrected chi connectivity index (χ0v) is 17.7. The van der Waals surface area contributed by atoms with Crippen LogP contribution in [-0.4, -0.2) is 17.1 Å². The number of carbonyl (C=O) groups is 1. The number of nitrogens with zero attached hydrogens (tertiary/aromatic N) is 2. The number of fused-ring (bicyclic) bond motifs is 1. The molecule has 0 spiro atoms. The Kier molecular flexibility index (Phi) is 6.73. The quantitative estimate of drug-likeness (QED) is 0.498. The van der Waals surface area contributed by atoms with Gasteiger partial charge in [0.05, 0.1) is 13.2 Å². The van der Waals surface area contributed by atoms with Crippen LogP contribution < -0.4 is 22.7 Å². The molecule has 3 aromatic rings. The summed E-state index contributed by atoms with van der Waals surface area (Å²) < 4.78 is 8.96. The first-order valence-corrected chi connectivity index (χ1v) is 9.33. The van der Waals surface area contributed by atoms with E-state index in [1.54, 1.807) is 6.92 Å². The summed E-state index contributed by atoms with van der Waals surface area (Å²) in [7, 11) is 0. The Morgan fingerprint density at radius 1 is 1.11 bits per heavy atom. The van der Waals surface area contributed by atoms with Crippen molar-refractivity contribution in [2.24, 2.45) is 0 Å². The van der Waals surface area contributed by atoms with Gasteiger partial charge in [-0.3, -0.25) is 5.73 Å². The van der Waals surface area contributed by atoms with Gasteiger partial charge in [0.1, 0.15) is 11.0 Å². The first kappa shape index (κ1) is 21.8. The second-order valence-corrected chi connectivity index (χ2v) is 7.77. The Morgan fingerprint density at radius 3 is 2.36 bits per heavy atom. The molecule has 5 nitrogen and oxygen atoms in total. The lowest BCUT2D eigenvalue weighted by Gasteiger charge is -2.19. The largest absolute Gasteiger partial charge is 1.00 e. The molecular formula is C22H28ClN3O2. The predicted molar refractivity (Wildman–Crippen MR) is 107 cm³/mol. The summed E-state index contributed by atoms with van der Waals surface area (Å²) in [4.78, 5) is 12.0. The number of anilines is 1. The Bertz CT molecular complexity index is 956. The third-order valence-corrected chi connectivity index (χ3v) is 4.77. The lowest BCUT2D eigenvalue weighted by Crippen LogP contribution is -3.00. The summed E-state index contributed by atoms with van der Waals surface area (Å²) in [6, 6.07) is 16.6. The fraction of sp³-hybridized carbons (Fsp3) is 0.364. The molecule has 0 atom stereocenters. The predicted octanol–water partition coefficient (Wildman–Crippen LogP) is 0.424. The SMILES string of the molecule is CCOC(=O)Cn1c(N)[n+](Cc2ccc(C(C)(C)C)cc2)c2ccccc21.[Cl-]. The molecule has 0 saturated heterocycles. The molecule has 0 aliphatic heterocycles. The first-order valence-electron chi connectivity index (χ1n) is 9.33. The molecule has 0 aliphatic carbocycles. The van der Waals surface area contributed by atoms with Crippen LogP contribution in [0.1, 0.15) is 38.8 Å². The van der Waals surface area contributed by atoms with Gasteiger partial charge in [0.2, 0.25) is 0 Å². The van der Waals surface area contributed by atoms with E-state index in [0.29, 0.717) is 19.1 Å². The van der Waals surface area contributed by atoms with Crippen molar-refractivity contribution in [2.75, 3.05) is 12.3 Å². The van der Waals surface area contributed by atoms with Crippen LogP contribution in [0.15, 0.2) is 48.5 Å². The van der Waals surface area contributed by atoms with E-state index in [2.05, 4.69) is 45.0 Å². The minimum Gasteiger partial charge on any atom is -1.00 e. The number of esters is 1. The number of imidazole rings is 1. The van der Waals surface area contributed by atoms with E-state index in [0.717, 1.165) is 11.0 Å². The maximum absolute atomic E-state index is 12.0. The van der Waals surface area contributed by atoms with Crippen LogP contribution in [0, 0.1) is 0 Å². The van der Waals surface area contributed by atoms with Gasteiger partial charge in [-0.05, 0) is 35.6 Å². The van der Waals surface area contributed by atoms with Gasteiger partial charge in [0.15, 0.2) is 6.54 Å². The number of carbonyl (C=O) groups excluding carboxylic acids is 1. The molecule has 6 heteroatoms. The molecule has 3 rings (SSSR count). The second kappa shape index (κ2) is 8.65. The summed E-state index contributed by atoms with van der Waals surface area (Å²) in [6.45, 7) is 9.53. The molecule has 0 saturated carbocycles. The van der Waals surface area contributed by atoms with Crippen LogP contribution in [0.2, 0.25) is 0 Å². The van der Waals surface area contributed by atoms with Crippen molar-refractivity contribution >= 4 is 23.0 Å². The highest BCUT2D eigenvalue weighted by Gasteiger charge is 2.23. The molecule has 0 fully saturated rings. The summed E-state index contributed by atoms with van der Waals surface area (Å²) >= 11 is 0. The Balaban J connectivity index is 0.00000280. The maximum Gasteiger partial charge on any atom is 0.356 e. The average molecular weight is 402 g/mol. The highest BCUT2D eigenvalue weighted by molar-refractivity contribution is 5.77. The van der Waals surface area contributed by atoms with E-state index in [1.807, 2.05) is 33.4 Å². The average Bonchev–Trinajstić information content (AvgIpc) is 2.88. The minimum atomic E-state index is -0.286. The smallest absolute Gasteiger partial charge is 0.356 e. The lowest BCUT2D eigenvalue weighted by atomic mass is 9.87. The number of para-hydroxylation sites is 2. The molecule has 1 aromatic heterocycles. The van der Waals surface area contributed by atoms with Crippen molar-refractivity contribution in [3.63, 3.8) is 0 Å². The number of benzene rings is 2. The topological polar surface area (TPSA) is 61.1 Å². The Labute approximate surface area is 172 Å². The van der Waals surface area contributed by atoms with Gasteiger partial charge in [0.25, 0.3) is 0 Å². The van der Waals surface area contributed by atoms with Gasteiger partial charge in [-0.25, -0.2) is 13.9 Å². The lowest BCUT2D eigenvalue weighted by molar-refractivity contribution is -0.648. The number of ether oxygens (including phenoxy) is 1. The van der Waals surface area contributed by atoms with Crippen LogP contribution in [0.25, 0.3) is 11.0 Å². The van der Waals surface area contributed by atoms with Gasteiger partial charge in [-0.15, -0.1) is 0 Å². The summed E-state index contributed by atoms with van der Waals surface area (Å²) in [5.41, 5.74) is 10.9. The van der Waals surface area contributed by atoms with Crippen LogP contribution >= 0.6 is 0 Å². The molecule has 0 unspecified atom stereocenters. The number of aromatic nitrogens is 2. The highest BCUT2D eigenvalue weighted by atomic mass is 35.5. The van der Waals surface area contributed by atoms with E-state index in [1.165, 1.54) is 11.1 Å². The van der Waals surface area contributed by atoms with Gasteiger partial charge in [-0.1, -0.05) is 57.2 Å². The van der Waals surface area contributed by atoms with Crippen molar-refractivity contribution in [3.8, 4) is 0 Å². The van der Waals surface area contributed by atoms with Crippen LogP contribution in [0.4, 0.5) is 5.95 Å². The van der Waals surface area contributed by atoms with Crippen LogP contribution in [0.3, 0.4) is 0 Å². The third kappa shape index (κ3) is 4.47. The zero-order chi connectivity index (χ0) is 19.6. The van der Waals surface area contributed by atoms with Gasteiger partial charge in [0, 0.05) is 0 Å². The Hall–Kier alpha value is -2.53. The first-order chi connectivity index (χ1) is 12.8. The molecule has 0 amide bonds. The highest BCUT2D eigenvalue weighted by Crippen LogP contribution is 2.23. The summed E-state index contributed by atoms with van der Waals surface area (Å²) in [5.74, 6) is 0.260. The van der Waals surface area contributed by atoms with Gasteiger partial charge >= 0.3 is 11.9 Å². The van der Waals surface area contributed by atoms with Crippen LogP contribution in [0.5, 0.6) is 0 Å². The number of hydrogen-bond acceptors (Lipinski definition) is 3. The van der Waals surface area contributed by atoms with Crippen LogP contribution in [-0.2, 0) is 28.0 Å². The summed E-state index contributed by atoms with van der Waals surface area (Å²) in [6.07, 6.45) is 0. The molecule has 28 heavy (non-hydrogen) atoms. The van der Waals surface area contributed by atoms with Crippen molar-refractivity contribution in [2.45, 2.75) is 46.2 Å². The molecule has 0 radical (unpaired) electrons. The van der Waals surface area contributed by atoms with E-state index in [4.69, 9.17) is 10.5 Å². The van der Waals surface area contributed by atoms with E-state index >= 15 is 0 Å². The third-order valence-electron chi connectivity index (χ3n) is 4.77. The number of hydrogen-bond donors (Lipinski definition) is 1. The zero-order valence-electron chi connectivity index (χ0n) is 16.9. The minimum absolute atomic E-state index is 0. The Morgan fingerprint density at radius 2 is 1.75 bits per heavy atom. The van der Waals surface area contributed by atoms with E-state index < -0.39 is 0 Å². The molecule has 0 bridgehead atoms. The van der Waals surface area contributed by atoms with Crippen molar-refractivity contribution in [1.82, 2.24) is 4.57 Å². The van der Waals surface area contributed by atoms with Gasteiger partial charge in [-0.2, -0.15) is 0 Å². The summed E-state index contributed by atoms with van der Waals surface area (Å²) in [5, 5.41) is 0. The van der Waals surface area contributed by atoms with E-state index in [-0.39, 0.29) is 30.3 Å². The van der Waals surface area contributed by atoms with Crippen molar-refractivity contribution < 1.29 is 26.5 Å².